The lowest BCUT2D eigenvalue weighted by Crippen LogP contribution is -2.20. The second kappa shape index (κ2) is 8.47. The van der Waals surface area contributed by atoms with Crippen molar-refractivity contribution >= 4 is 29.3 Å². The van der Waals surface area contributed by atoms with E-state index in [9.17, 15) is 4.79 Å². The zero-order valence-corrected chi connectivity index (χ0v) is 15.8. The molecular weight excluding hydrogens is 362 g/mol. The minimum atomic E-state index is -0.398. The Hall–Kier alpha value is -3.18. The molecule has 138 valence electrons. The number of hydrogen-bond donors (Lipinski definition) is 3. The van der Waals surface area contributed by atoms with Gasteiger partial charge < -0.3 is 9.73 Å². The van der Waals surface area contributed by atoms with E-state index in [1.54, 1.807) is 6.07 Å². The van der Waals surface area contributed by atoms with Crippen LogP contribution in [0, 0.1) is 24.2 Å². The van der Waals surface area contributed by atoms with Gasteiger partial charge in [-0.25, -0.2) is 4.79 Å². The number of rotatable bonds is 6. The van der Waals surface area contributed by atoms with Crippen molar-refractivity contribution < 1.29 is 9.21 Å². The van der Waals surface area contributed by atoms with Crippen molar-refractivity contribution in [1.29, 1.82) is 5.26 Å². The predicted molar refractivity (Wildman–Crippen MR) is 106 cm³/mol. The molecule has 7 nitrogen and oxygen atoms in total. The summed E-state index contributed by atoms with van der Waals surface area (Å²) in [5.41, 5.74) is 1.36. The number of urea groups is 1. The molecule has 3 rings (SSSR count). The lowest BCUT2D eigenvalue weighted by molar-refractivity contribution is 0.262. The van der Waals surface area contributed by atoms with Crippen molar-refractivity contribution in [3.8, 4) is 17.5 Å². The number of nitrogens with zero attached hydrogens (tertiary/aromatic N) is 2. The molecule has 2 amide bonds. The normalized spacial score (nSPS) is 11.6. The van der Waals surface area contributed by atoms with Crippen LogP contribution in [-0.2, 0) is 0 Å². The smallest absolute Gasteiger partial charge is 0.324 e. The van der Waals surface area contributed by atoms with Gasteiger partial charge >= 0.3 is 6.03 Å². The van der Waals surface area contributed by atoms with Crippen LogP contribution in [0.1, 0.15) is 12.7 Å². The van der Waals surface area contributed by atoms with Crippen molar-refractivity contribution in [3.05, 3.63) is 48.2 Å². The minimum absolute atomic E-state index is 0.0652. The van der Waals surface area contributed by atoms with Crippen molar-refractivity contribution in [2.45, 2.75) is 18.7 Å². The Morgan fingerprint density at radius 1 is 1.33 bits per heavy atom. The largest absolute Gasteiger partial charge is 0.460 e. The Kier molecular flexibility index (Phi) is 5.84. The first-order chi connectivity index (χ1) is 13.0. The first kappa shape index (κ1) is 18.6. The summed E-state index contributed by atoms with van der Waals surface area (Å²) in [6.07, 6.45) is 0. The summed E-state index contributed by atoms with van der Waals surface area (Å²) in [7, 11) is 0. The first-order valence-electron chi connectivity index (χ1n) is 8.37. The number of aromatic nitrogens is 2. The highest BCUT2D eigenvalue weighted by atomic mass is 32.2. The van der Waals surface area contributed by atoms with Crippen LogP contribution >= 0.6 is 11.8 Å². The van der Waals surface area contributed by atoms with Crippen LogP contribution in [-0.4, -0.2) is 22.0 Å². The number of para-hydroxylation sites is 1. The Bertz CT molecular complexity index is 972. The van der Waals surface area contributed by atoms with E-state index < -0.39 is 6.03 Å². The number of thioether (sulfide) groups is 1. The molecule has 3 aromatic rings. The number of furan rings is 1. The maximum atomic E-state index is 12.3. The quantitative estimate of drug-likeness (QED) is 0.528. The molecule has 3 N–H and O–H groups in total. The highest BCUT2D eigenvalue weighted by Gasteiger charge is 2.12. The summed E-state index contributed by atoms with van der Waals surface area (Å²) < 4.78 is 5.53. The van der Waals surface area contributed by atoms with Gasteiger partial charge in [0.25, 0.3) is 0 Å². The van der Waals surface area contributed by atoms with Crippen LogP contribution in [0.4, 0.5) is 16.3 Å². The molecule has 0 bridgehead atoms. The molecule has 0 aliphatic carbocycles. The number of aryl methyl sites for hydroxylation is 1. The molecule has 1 unspecified atom stereocenters. The number of anilines is 2. The van der Waals surface area contributed by atoms with E-state index in [-0.39, 0.29) is 5.92 Å². The Morgan fingerprint density at radius 2 is 2.15 bits per heavy atom. The number of carbonyl (C=O) groups excluding carboxylic acids is 1. The Morgan fingerprint density at radius 3 is 2.89 bits per heavy atom. The third-order valence-corrected chi connectivity index (χ3v) is 5.00. The maximum absolute atomic E-state index is 12.3. The van der Waals surface area contributed by atoms with Crippen LogP contribution < -0.4 is 10.6 Å². The van der Waals surface area contributed by atoms with Gasteiger partial charge in [0.1, 0.15) is 11.5 Å². The van der Waals surface area contributed by atoms with Gasteiger partial charge in [0, 0.05) is 16.7 Å². The molecule has 0 aliphatic heterocycles. The number of nitriles is 1. The number of aromatic amines is 1. The van der Waals surface area contributed by atoms with Crippen molar-refractivity contribution in [2.24, 2.45) is 5.92 Å². The zero-order chi connectivity index (χ0) is 19.2. The van der Waals surface area contributed by atoms with E-state index in [4.69, 9.17) is 9.68 Å². The predicted octanol–water partition coefficient (Wildman–Crippen LogP) is 4.87. The fourth-order valence-electron chi connectivity index (χ4n) is 2.31. The van der Waals surface area contributed by atoms with Crippen molar-refractivity contribution in [1.82, 2.24) is 10.2 Å². The number of nitrogens with one attached hydrogen (secondary N) is 3. The Balaban J connectivity index is 1.63. The second-order valence-corrected chi connectivity index (χ2v) is 7.06. The van der Waals surface area contributed by atoms with E-state index in [1.165, 1.54) is 11.8 Å². The fourth-order valence-corrected chi connectivity index (χ4v) is 3.26. The molecule has 27 heavy (non-hydrogen) atoms. The lowest BCUT2D eigenvalue weighted by atomic mass is 10.3. The van der Waals surface area contributed by atoms with Crippen molar-refractivity contribution in [3.63, 3.8) is 0 Å². The van der Waals surface area contributed by atoms with Crippen LogP contribution in [0.25, 0.3) is 11.5 Å². The standard InChI is InChI=1S/C19H19N5O2S/c1-12(10-20)11-27-17-6-4-3-5-14(17)21-19(25)22-18-9-15(23-24-18)16-8-7-13(2)26-16/h3-9,12H,11H2,1-2H3,(H3,21,22,23,24,25). The lowest BCUT2D eigenvalue weighted by Gasteiger charge is -2.11. The second-order valence-electron chi connectivity index (χ2n) is 5.99. The molecule has 0 spiro atoms. The summed E-state index contributed by atoms with van der Waals surface area (Å²) in [6, 6.07) is 14.7. The van der Waals surface area contributed by atoms with Gasteiger partial charge in [0.15, 0.2) is 11.6 Å². The van der Waals surface area contributed by atoms with Gasteiger partial charge in [0.05, 0.1) is 17.7 Å². The molecule has 2 aromatic heterocycles. The maximum Gasteiger partial charge on any atom is 0.324 e. The number of carbonyl (C=O) groups is 1. The molecule has 0 fully saturated rings. The topological polar surface area (TPSA) is 107 Å². The highest BCUT2D eigenvalue weighted by Crippen LogP contribution is 2.28. The molecule has 0 saturated carbocycles. The third kappa shape index (κ3) is 4.92. The molecule has 8 heteroatoms. The number of hydrogen-bond acceptors (Lipinski definition) is 5. The van der Waals surface area contributed by atoms with Gasteiger partial charge in [-0.05, 0) is 38.1 Å². The Labute approximate surface area is 161 Å². The summed E-state index contributed by atoms with van der Waals surface area (Å²) in [5.74, 6) is 2.43. The van der Waals surface area contributed by atoms with E-state index in [0.717, 1.165) is 10.7 Å². The SMILES string of the molecule is Cc1ccc(-c2cc(NC(=O)Nc3ccccc3SCC(C)C#N)n[nH]2)o1. The number of amides is 2. The summed E-state index contributed by atoms with van der Waals surface area (Å²) in [6.45, 7) is 3.73. The molecule has 0 radical (unpaired) electrons. The van der Waals surface area contributed by atoms with Crippen LogP contribution in [0.2, 0.25) is 0 Å². The molecule has 0 saturated heterocycles. The first-order valence-corrected chi connectivity index (χ1v) is 9.35. The van der Waals surface area contributed by atoms with Gasteiger partial charge in [-0.2, -0.15) is 10.4 Å². The van der Waals surface area contributed by atoms with Gasteiger partial charge in [-0.15, -0.1) is 11.8 Å². The molecule has 1 aromatic carbocycles. The third-order valence-electron chi connectivity index (χ3n) is 3.67. The molecule has 2 heterocycles. The van der Waals surface area contributed by atoms with E-state index in [1.807, 2.05) is 50.2 Å². The molecule has 1 atom stereocenters. The number of benzene rings is 1. The van der Waals surface area contributed by atoms with Crippen LogP contribution in [0.5, 0.6) is 0 Å². The monoisotopic (exact) mass is 381 g/mol. The van der Waals surface area contributed by atoms with Crippen molar-refractivity contribution in [2.75, 3.05) is 16.4 Å². The minimum Gasteiger partial charge on any atom is -0.460 e. The van der Waals surface area contributed by atoms with E-state index in [0.29, 0.717) is 28.7 Å². The average Bonchev–Trinajstić information content (AvgIpc) is 3.29. The highest BCUT2D eigenvalue weighted by molar-refractivity contribution is 7.99. The zero-order valence-electron chi connectivity index (χ0n) is 14.9. The van der Waals surface area contributed by atoms with Gasteiger partial charge in [0.2, 0.25) is 0 Å². The van der Waals surface area contributed by atoms with Gasteiger partial charge in [-0.3, -0.25) is 10.4 Å². The van der Waals surface area contributed by atoms with Crippen LogP contribution in [0.15, 0.2) is 51.8 Å². The summed E-state index contributed by atoms with van der Waals surface area (Å²) in [4.78, 5) is 13.2. The summed E-state index contributed by atoms with van der Waals surface area (Å²) >= 11 is 1.53. The summed E-state index contributed by atoms with van der Waals surface area (Å²) in [5, 5.41) is 21.3. The van der Waals surface area contributed by atoms with E-state index in [2.05, 4.69) is 26.9 Å². The molecular formula is C19H19N5O2S. The van der Waals surface area contributed by atoms with Gasteiger partial charge in [-0.1, -0.05) is 12.1 Å². The fraction of sp³-hybridized carbons (Fsp3) is 0.211. The molecule has 0 aliphatic rings. The number of H-pyrrole nitrogens is 1. The van der Waals surface area contributed by atoms with E-state index >= 15 is 0 Å². The van der Waals surface area contributed by atoms with Crippen LogP contribution in [0.3, 0.4) is 0 Å². The average molecular weight is 381 g/mol.